The zero-order chi connectivity index (χ0) is 23.2. The minimum absolute atomic E-state index is 0.197. The molecule has 0 spiro atoms. The van der Waals surface area contributed by atoms with Crippen molar-refractivity contribution in [1.82, 2.24) is 9.78 Å². The van der Waals surface area contributed by atoms with Crippen LogP contribution in [0.1, 0.15) is 43.9 Å². The van der Waals surface area contributed by atoms with Gasteiger partial charge in [0.1, 0.15) is 12.3 Å². The van der Waals surface area contributed by atoms with Gasteiger partial charge in [-0.15, -0.1) is 0 Å². The summed E-state index contributed by atoms with van der Waals surface area (Å²) in [6.45, 7) is 5.61. The van der Waals surface area contributed by atoms with E-state index in [-0.39, 0.29) is 6.61 Å². The van der Waals surface area contributed by atoms with Gasteiger partial charge >= 0.3 is 5.97 Å². The monoisotopic (exact) mass is 446 g/mol. The molecule has 0 amide bonds. The van der Waals surface area contributed by atoms with Crippen LogP contribution in [-0.4, -0.2) is 34.1 Å². The number of ether oxygens (including phenoxy) is 1. The van der Waals surface area contributed by atoms with E-state index in [0.29, 0.717) is 18.4 Å². The summed E-state index contributed by atoms with van der Waals surface area (Å²) in [4.78, 5) is 10.7. The summed E-state index contributed by atoms with van der Waals surface area (Å²) >= 11 is 0. The van der Waals surface area contributed by atoms with Gasteiger partial charge in [0, 0.05) is 23.4 Å². The minimum atomic E-state index is -0.895. The fraction of sp³-hybridized carbons (Fsp3) is 0.429. The molecule has 1 saturated carbocycles. The van der Waals surface area contributed by atoms with E-state index in [1.807, 2.05) is 0 Å². The zero-order valence-corrected chi connectivity index (χ0v) is 19.7. The standard InChI is InChI=1S/C28H34N2O3/c1-3-25-27(23-7-5-4-6-8-23)28(24-15-9-20(2)10-16-24)29-30(25)17-21-11-13-22(14-12-21)18-33-19-26(31)32/h4-10,15-16,21-22H,3,11-14,17-19H2,1-2H3,(H,31,32)/t21-,22+. The second-order valence-corrected chi connectivity index (χ2v) is 9.23. The Hall–Kier alpha value is -2.92. The number of aromatic nitrogens is 2. The van der Waals surface area contributed by atoms with Crippen LogP contribution in [0.4, 0.5) is 0 Å². The minimum Gasteiger partial charge on any atom is -0.480 e. The third-order valence-electron chi connectivity index (χ3n) is 6.76. The Kier molecular flexibility index (Phi) is 7.61. The Bertz CT molecular complexity index is 1050. The summed E-state index contributed by atoms with van der Waals surface area (Å²) in [5.74, 6) is 0.153. The first-order chi connectivity index (χ1) is 16.0. The zero-order valence-electron chi connectivity index (χ0n) is 19.7. The molecule has 0 bridgehead atoms. The highest BCUT2D eigenvalue weighted by Gasteiger charge is 2.25. The van der Waals surface area contributed by atoms with Crippen molar-refractivity contribution in [2.24, 2.45) is 11.8 Å². The molecule has 5 heteroatoms. The maximum absolute atomic E-state index is 10.7. The van der Waals surface area contributed by atoms with Gasteiger partial charge in [-0.25, -0.2) is 4.79 Å². The third-order valence-corrected chi connectivity index (χ3v) is 6.76. The molecule has 1 heterocycles. The molecule has 0 unspecified atom stereocenters. The van der Waals surface area contributed by atoms with Gasteiger partial charge in [0.15, 0.2) is 0 Å². The first kappa shape index (κ1) is 23.2. The Morgan fingerprint density at radius 3 is 2.30 bits per heavy atom. The van der Waals surface area contributed by atoms with Crippen LogP contribution in [0.5, 0.6) is 0 Å². The molecule has 0 radical (unpaired) electrons. The normalized spacial score (nSPS) is 18.4. The number of aliphatic carboxylic acids is 1. The molecule has 174 valence electrons. The van der Waals surface area contributed by atoms with Gasteiger partial charge < -0.3 is 9.84 Å². The highest BCUT2D eigenvalue weighted by Crippen LogP contribution is 2.37. The van der Waals surface area contributed by atoms with E-state index < -0.39 is 5.97 Å². The summed E-state index contributed by atoms with van der Waals surface area (Å²) in [5, 5.41) is 13.9. The molecule has 0 aliphatic heterocycles. The molecular formula is C28H34N2O3. The molecule has 1 fully saturated rings. The van der Waals surface area contributed by atoms with Crippen molar-refractivity contribution >= 4 is 5.97 Å². The van der Waals surface area contributed by atoms with Gasteiger partial charge in [0.2, 0.25) is 0 Å². The average molecular weight is 447 g/mol. The summed E-state index contributed by atoms with van der Waals surface area (Å²) in [6.07, 6.45) is 5.36. The van der Waals surface area contributed by atoms with Gasteiger partial charge in [-0.1, -0.05) is 67.1 Å². The summed E-state index contributed by atoms with van der Waals surface area (Å²) < 4.78 is 7.59. The van der Waals surface area contributed by atoms with Crippen LogP contribution in [0, 0.1) is 18.8 Å². The second-order valence-electron chi connectivity index (χ2n) is 9.23. The van der Waals surface area contributed by atoms with Crippen molar-refractivity contribution < 1.29 is 14.6 Å². The van der Waals surface area contributed by atoms with Gasteiger partial charge in [-0.3, -0.25) is 4.68 Å². The number of carboxylic acid groups (broad SMARTS) is 1. The van der Waals surface area contributed by atoms with E-state index in [1.54, 1.807) is 0 Å². The SMILES string of the molecule is CCc1c(-c2ccccc2)c(-c2ccc(C)cc2)nn1C[C@H]1CC[C@@H](COCC(=O)O)CC1. The van der Waals surface area contributed by atoms with E-state index >= 15 is 0 Å². The smallest absolute Gasteiger partial charge is 0.329 e. The lowest BCUT2D eigenvalue weighted by Crippen LogP contribution is -2.23. The third kappa shape index (κ3) is 5.72. The highest BCUT2D eigenvalue weighted by molar-refractivity contribution is 5.82. The van der Waals surface area contributed by atoms with E-state index in [2.05, 4.69) is 73.1 Å². The van der Waals surface area contributed by atoms with Gasteiger partial charge in [0.25, 0.3) is 0 Å². The molecule has 2 aromatic carbocycles. The number of nitrogens with zero attached hydrogens (tertiary/aromatic N) is 2. The van der Waals surface area contributed by atoms with Crippen molar-refractivity contribution in [1.29, 1.82) is 0 Å². The van der Waals surface area contributed by atoms with Crippen molar-refractivity contribution in [3.8, 4) is 22.4 Å². The lowest BCUT2D eigenvalue weighted by molar-refractivity contribution is -0.142. The van der Waals surface area contributed by atoms with Crippen molar-refractivity contribution in [3.63, 3.8) is 0 Å². The first-order valence-corrected chi connectivity index (χ1v) is 12.1. The maximum Gasteiger partial charge on any atom is 0.329 e. The van der Waals surface area contributed by atoms with E-state index in [1.165, 1.54) is 22.4 Å². The number of hydrogen-bond donors (Lipinski definition) is 1. The topological polar surface area (TPSA) is 64.4 Å². The second kappa shape index (κ2) is 10.8. The lowest BCUT2D eigenvalue weighted by Gasteiger charge is -2.28. The molecule has 1 aromatic heterocycles. The van der Waals surface area contributed by atoms with Gasteiger partial charge in [-0.2, -0.15) is 5.10 Å². The van der Waals surface area contributed by atoms with Crippen molar-refractivity contribution in [2.75, 3.05) is 13.2 Å². The van der Waals surface area contributed by atoms with Gasteiger partial charge in [-0.05, 0) is 56.4 Å². The molecule has 4 rings (SSSR count). The van der Waals surface area contributed by atoms with Crippen LogP contribution in [0.2, 0.25) is 0 Å². The van der Waals surface area contributed by atoms with Crippen LogP contribution in [-0.2, 0) is 22.5 Å². The number of carbonyl (C=O) groups is 1. The van der Waals surface area contributed by atoms with Gasteiger partial charge in [0.05, 0.1) is 6.61 Å². The number of benzene rings is 2. The van der Waals surface area contributed by atoms with Crippen molar-refractivity contribution in [3.05, 3.63) is 65.9 Å². The van der Waals surface area contributed by atoms with Crippen LogP contribution < -0.4 is 0 Å². The maximum atomic E-state index is 10.7. The Morgan fingerprint density at radius 2 is 1.67 bits per heavy atom. The highest BCUT2D eigenvalue weighted by atomic mass is 16.5. The molecule has 3 aromatic rings. The summed E-state index contributed by atoms with van der Waals surface area (Å²) in [5.41, 5.74) is 7.23. The lowest BCUT2D eigenvalue weighted by atomic mass is 9.82. The molecular weight excluding hydrogens is 412 g/mol. The molecule has 0 atom stereocenters. The fourth-order valence-electron chi connectivity index (χ4n) is 4.97. The average Bonchev–Trinajstić information content (AvgIpc) is 3.19. The van der Waals surface area contributed by atoms with E-state index in [4.69, 9.17) is 14.9 Å². The Balaban J connectivity index is 1.55. The fourth-order valence-corrected chi connectivity index (χ4v) is 4.97. The van der Waals surface area contributed by atoms with Crippen LogP contribution in [0.3, 0.4) is 0 Å². The predicted molar refractivity (Wildman–Crippen MR) is 131 cm³/mol. The van der Waals surface area contributed by atoms with E-state index in [9.17, 15) is 4.79 Å². The number of hydrogen-bond acceptors (Lipinski definition) is 3. The summed E-state index contributed by atoms with van der Waals surface area (Å²) in [6, 6.07) is 19.3. The van der Waals surface area contributed by atoms with Crippen LogP contribution >= 0.6 is 0 Å². The number of aryl methyl sites for hydroxylation is 1. The molecule has 1 aliphatic rings. The number of carboxylic acids is 1. The van der Waals surface area contributed by atoms with Crippen molar-refractivity contribution in [2.45, 2.75) is 52.5 Å². The van der Waals surface area contributed by atoms with Crippen LogP contribution in [0.15, 0.2) is 54.6 Å². The first-order valence-electron chi connectivity index (χ1n) is 12.1. The Morgan fingerprint density at radius 1 is 1.00 bits per heavy atom. The van der Waals surface area contributed by atoms with E-state index in [0.717, 1.165) is 49.9 Å². The molecule has 0 saturated heterocycles. The Labute approximate surface area is 196 Å². The largest absolute Gasteiger partial charge is 0.480 e. The molecule has 5 nitrogen and oxygen atoms in total. The molecule has 33 heavy (non-hydrogen) atoms. The quantitative estimate of drug-likeness (QED) is 0.438. The predicted octanol–water partition coefficient (Wildman–Crippen LogP) is 6.00. The molecule has 1 N–H and O–H groups in total. The summed E-state index contributed by atoms with van der Waals surface area (Å²) in [7, 11) is 0. The number of rotatable bonds is 9. The van der Waals surface area contributed by atoms with Crippen LogP contribution in [0.25, 0.3) is 22.4 Å². The molecule has 1 aliphatic carbocycles.